The van der Waals surface area contributed by atoms with Crippen molar-refractivity contribution < 1.29 is 10.2 Å². The first-order chi connectivity index (χ1) is 3.83. The van der Waals surface area contributed by atoms with E-state index in [2.05, 4.69) is 0 Å². The number of hydrogen-bond acceptors (Lipinski definition) is 2. The molecular weight excluding hydrogens is 104 g/mol. The van der Waals surface area contributed by atoms with Gasteiger partial charge >= 0.3 is 0 Å². The molecule has 0 saturated carbocycles. The van der Waals surface area contributed by atoms with Crippen molar-refractivity contribution in [1.29, 1.82) is 0 Å². The quantitative estimate of drug-likeness (QED) is 0.468. The van der Waals surface area contributed by atoms with E-state index in [9.17, 15) is 0 Å². The molecule has 1 unspecified atom stereocenters. The molecule has 1 aliphatic rings. The van der Waals surface area contributed by atoms with Gasteiger partial charge in [-0.15, -0.1) is 0 Å². The molecule has 0 amide bonds. The highest BCUT2D eigenvalue weighted by molar-refractivity contribution is 5.01. The third-order valence-electron chi connectivity index (χ3n) is 1.38. The van der Waals surface area contributed by atoms with Crippen LogP contribution in [0.15, 0.2) is 12.2 Å². The highest BCUT2D eigenvalue weighted by Crippen LogP contribution is 2.15. The van der Waals surface area contributed by atoms with Crippen LogP contribution in [0.5, 0.6) is 0 Å². The maximum absolute atomic E-state index is 8.83. The predicted octanol–water partition coefficient (Wildman–Crippen LogP) is -0.0843. The normalized spacial score (nSPS) is 36.2. The van der Waals surface area contributed by atoms with Crippen molar-refractivity contribution >= 4 is 0 Å². The Bertz CT molecular complexity index is 98.7. The van der Waals surface area contributed by atoms with Gasteiger partial charge < -0.3 is 10.2 Å². The Labute approximate surface area is 48.5 Å². The van der Waals surface area contributed by atoms with E-state index >= 15 is 0 Å². The first kappa shape index (κ1) is 5.79. The van der Waals surface area contributed by atoms with Crippen molar-refractivity contribution in [2.45, 2.75) is 12.5 Å². The third kappa shape index (κ3) is 1.08. The Kier molecular flexibility index (Phi) is 1.65. The molecule has 0 fully saturated rings. The summed E-state index contributed by atoms with van der Waals surface area (Å²) < 4.78 is 0. The van der Waals surface area contributed by atoms with Crippen molar-refractivity contribution in [3.05, 3.63) is 12.2 Å². The van der Waals surface area contributed by atoms with Gasteiger partial charge in [0.25, 0.3) is 0 Å². The first-order valence-corrected chi connectivity index (χ1v) is 2.80. The van der Waals surface area contributed by atoms with Gasteiger partial charge in [0.1, 0.15) is 0 Å². The van der Waals surface area contributed by atoms with E-state index in [-0.39, 0.29) is 18.6 Å². The molecule has 2 N–H and O–H groups in total. The fraction of sp³-hybridized carbons (Fsp3) is 0.667. The second-order valence-electron chi connectivity index (χ2n) is 2.13. The average Bonchev–Trinajstić information content (AvgIpc) is 2.14. The Morgan fingerprint density at radius 2 is 2.25 bits per heavy atom. The highest BCUT2D eigenvalue weighted by Gasteiger charge is 2.14. The Morgan fingerprint density at radius 1 is 1.50 bits per heavy atom. The minimum atomic E-state index is -0.313. The van der Waals surface area contributed by atoms with E-state index in [1.54, 1.807) is 6.08 Å². The maximum Gasteiger partial charge on any atom is 0.0727 e. The first-order valence-electron chi connectivity index (χ1n) is 2.80. The Balaban J connectivity index is 2.34. The summed E-state index contributed by atoms with van der Waals surface area (Å²) in [4.78, 5) is 0. The minimum absolute atomic E-state index is 0.160. The molecule has 1 rings (SSSR count). The van der Waals surface area contributed by atoms with Crippen molar-refractivity contribution in [2.75, 3.05) is 6.61 Å². The Morgan fingerprint density at radius 3 is 2.50 bits per heavy atom. The van der Waals surface area contributed by atoms with Crippen LogP contribution in [0.2, 0.25) is 0 Å². The number of hydrogen-bond donors (Lipinski definition) is 2. The van der Waals surface area contributed by atoms with Crippen molar-refractivity contribution in [1.82, 2.24) is 0 Å². The van der Waals surface area contributed by atoms with E-state index in [1.807, 2.05) is 6.08 Å². The lowest BCUT2D eigenvalue weighted by Gasteiger charge is -2.01. The molecule has 0 aliphatic heterocycles. The van der Waals surface area contributed by atoms with Gasteiger partial charge in [0, 0.05) is 12.5 Å². The van der Waals surface area contributed by atoms with Gasteiger partial charge in [-0.2, -0.15) is 0 Å². The second kappa shape index (κ2) is 2.29. The molecule has 0 aromatic rings. The SMILES string of the molecule is OCC1C=C[C@H](O)C1. The molecule has 0 heterocycles. The molecule has 0 bridgehead atoms. The lowest BCUT2D eigenvalue weighted by Crippen LogP contribution is -2.04. The topological polar surface area (TPSA) is 40.5 Å². The summed E-state index contributed by atoms with van der Waals surface area (Å²) in [5.74, 6) is 0.199. The largest absolute Gasteiger partial charge is 0.396 e. The van der Waals surface area contributed by atoms with Crippen molar-refractivity contribution in [3.63, 3.8) is 0 Å². The minimum Gasteiger partial charge on any atom is -0.396 e. The summed E-state index contributed by atoms with van der Waals surface area (Å²) in [5, 5.41) is 17.4. The fourth-order valence-electron chi connectivity index (χ4n) is 0.888. The van der Waals surface area contributed by atoms with Crippen LogP contribution in [0.1, 0.15) is 6.42 Å². The summed E-state index contributed by atoms with van der Waals surface area (Å²) >= 11 is 0. The predicted molar refractivity (Wildman–Crippen MR) is 30.3 cm³/mol. The summed E-state index contributed by atoms with van der Waals surface area (Å²) in [6.07, 6.45) is 3.95. The van der Waals surface area contributed by atoms with Gasteiger partial charge in [-0.25, -0.2) is 0 Å². The molecule has 0 radical (unpaired) electrons. The van der Waals surface area contributed by atoms with Gasteiger partial charge in [-0.1, -0.05) is 12.2 Å². The van der Waals surface area contributed by atoms with Crippen LogP contribution >= 0.6 is 0 Å². The Hall–Kier alpha value is -0.340. The molecule has 2 heteroatoms. The second-order valence-corrected chi connectivity index (χ2v) is 2.13. The van der Waals surface area contributed by atoms with Crippen molar-refractivity contribution in [3.8, 4) is 0 Å². The van der Waals surface area contributed by atoms with Crippen LogP contribution in [0.25, 0.3) is 0 Å². The van der Waals surface area contributed by atoms with Gasteiger partial charge in [-0.3, -0.25) is 0 Å². The van der Waals surface area contributed by atoms with Gasteiger partial charge in [0.2, 0.25) is 0 Å². The van der Waals surface area contributed by atoms with Crippen LogP contribution in [0.4, 0.5) is 0 Å². The fourth-order valence-corrected chi connectivity index (χ4v) is 0.888. The standard InChI is InChI=1S/C6H10O2/c7-4-5-1-2-6(8)3-5/h1-2,5-8H,3-4H2/t5?,6-/m0/s1. The molecule has 2 nitrogen and oxygen atoms in total. The number of rotatable bonds is 1. The lowest BCUT2D eigenvalue weighted by molar-refractivity contribution is 0.181. The smallest absolute Gasteiger partial charge is 0.0727 e. The van der Waals surface area contributed by atoms with Crippen LogP contribution < -0.4 is 0 Å². The van der Waals surface area contributed by atoms with Crippen LogP contribution in [0.3, 0.4) is 0 Å². The van der Waals surface area contributed by atoms with E-state index in [1.165, 1.54) is 0 Å². The van der Waals surface area contributed by atoms with Crippen LogP contribution in [-0.4, -0.2) is 22.9 Å². The summed E-state index contributed by atoms with van der Waals surface area (Å²) in [6, 6.07) is 0. The third-order valence-corrected chi connectivity index (χ3v) is 1.38. The summed E-state index contributed by atoms with van der Waals surface area (Å²) in [5.41, 5.74) is 0. The molecule has 8 heavy (non-hydrogen) atoms. The monoisotopic (exact) mass is 114 g/mol. The lowest BCUT2D eigenvalue weighted by atomic mass is 10.1. The number of aliphatic hydroxyl groups is 2. The van der Waals surface area contributed by atoms with Gasteiger partial charge in [0.15, 0.2) is 0 Å². The molecular formula is C6H10O2. The van der Waals surface area contributed by atoms with Crippen LogP contribution in [-0.2, 0) is 0 Å². The molecule has 0 aromatic carbocycles. The molecule has 1 aliphatic carbocycles. The molecule has 46 valence electrons. The zero-order valence-electron chi connectivity index (χ0n) is 4.62. The summed E-state index contributed by atoms with van der Waals surface area (Å²) in [7, 11) is 0. The van der Waals surface area contributed by atoms with Crippen LogP contribution in [0, 0.1) is 5.92 Å². The zero-order chi connectivity index (χ0) is 5.98. The molecule has 2 atom stereocenters. The maximum atomic E-state index is 8.83. The van der Waals surface area contributed by atoms with E-state index < -0.39 is 0 Å². The highest BCUT2D eigenvalue weighted by atomic mass is 16.3. The van der Waals surface area contributed by atoms with E-state index in [4.69, 9.17) is 10.2 Å². The molecule has 0 saturated heterocycles. The summed E-state index contributed by atoms with van der Waals surface area (Å²) in [6.45, 7) is 0.160. The number of aliphatic hydroxyl groups excluding tert-OH is 2. The van der Waals surface area contributed by atoms with E-state index in [0.29, 0.717) is 6.42 Å². The molecule has 0 aromatic heterocycles. The van der Waals surface area contributed by atoms with E-state index in [0.717, 1.165) is 0 Å². The average molecular weight is 114 g/mol. The van der Waals surface area contributed by atoms with Gasteiger partial charge in [0.05, 0.1) is 6.10 Å². The van der Waals surface area contributed by atoms with Crippen molar-refractivity contribution in [2.24, 2.45) is 5.92 Å². The van der Waals surface area contributed by atoms with Gasteiger partial charge in [-0.05, 0) is 6.42 Å². The molecule has 0 spiro atoms. The zero-order valence-corrected chi connectivity index (χ0v) is 4.62.